The fourth-order valence-corrected chi connectivity index (χ4v) is 6.95. The van der Waals surface area contributed by atoms with Crippen molar-refractivity contribution >= 4 is 33.3 Å². The van der Waals surface area contributed by atoms with Gasteiger partial charge in [-0.05, 0) is 85.4 Å². The first-order valence-electron chi connectivity index (χ1n) is 14.8. The topological polar surface area (TPSA) is 128 Å². The van der Waals surface area contributed by atoms with Gasteiger partial charge in [0.2, 0.25) is 10.0 Å². The van der Waals surface area contributed by atoms with E-state index in [0.29, 0.717) is 35.8 Å². The number of ether oxygens (including phenoxy) is 3. The zero-order valence-corrected chi connectivity index (χ0v) is 25.6. The number of nitrogens with two attached hydrogens (primary N) is 1. The molecule has 230 valence electrons. The van der Waals surface area contributed by atoms with Crippen molar-refractivity contribution in [1.82, 2.24) is 0 Å². The first-order valence-corrected chi connectivity index (χ1v) is 16.9. The number of hydrogen-bond donors (Lipinski definition) is 2. The second kappa shape index (κ2) is 13.5. The van der Waals surface area contributed by atoms with Gasteiger partial charge in [0.05, 0.1) is 42.4 Å². The Kier molecular flexibility index (Phi) is 9.99. The number of carboxylic acid groups (broad SMARTS) is 1. The fraction of sp³-hybridized carbons (Fsp3) is 0.581. The van der Waals surface area contributed by atoms with E-state index < -0.39 is 16.0 Å². The van der Waals surface area contributed by atoms with E-state index >= 15 is 0 Å². The van der Waals surface area contributed by atoms with E-state index in [4.69, 9.17) is 31.0 Å². The molecule has 0 bridgehead atoms. The van der Waals surface area contributed by atoms with Crippen LogP contribution in [0.5, 0.6) is 5.75 Å². The number of nitrogens with zero attached hydrogens (tertiary/aromatic N) is 1. The number of sulfonamides is 1. The Morgan fingerprint density at radius 1 is 1.17 bits per heavy atom. The molecule has 2 heterocycles. The van der Waals surface area contributed by atoms with Gasteiger partial charge in [0.1, 0.15) is 12.4 Å². The van der Waals surface area contributed by atoms with E-state index in [1.807, 2.05) is 18.2 Å². The van der Waals surface area contributed by atoms with Crippen LogP contribution in [0.25, 0.3) is 0 Å². The maximum Gasteiger partial charge on any atom is 0.335 e. The summed E-state index contributed by atoms with van der Waals surface area (Å²) >= 11 is 6.29. The van der Waals surface area contributed by atoms with Gasteiger partial charge in [0.25, 0.3) is 0 Å². The van der Waals surface area contributed by atoms with Crippen LogP contribution in [0.15, 0.2) is 36.4 Å². The first-order chi connectivity index (χ1) is 20.1. The van der Waals surface area contributed by atoms with Crippen LogP contribution in [0, 0.1) is 17.8 Å². The minimum Gasteiger partial charge on any atom is -0.487 e. The van der Waals surface area contributed by atoms with Crippen molar-refractivity contribution < 1.29 is 32.5 Å². The zero-order valence-electron chi connectivity index (χ0n) is 24.0. The van der Waals surface area contributed by atoms with Crippen molar-refractivity contribution in [3.8, 4) is 5.75 Å². The smallest absolute Gasteiger partial charge is 0.335 e. The summed E-state index contributed by atoms with van der Waals surface area (Å²) in [6.07, 6.45) is 5.61. The van der Waals surface area contributed by atoms with Crippen LogP contribution in [0.3, 0.4) is 0 Å². The van der Waals surface area contributed by atoms with Gasteiger partial charge < -0.3 is 24.2 Å². The number of aryl methyl sites for hydroxylation is 1. The predicted molar refractivity (Wildman–Crippen MR) is 162 cm³/mol. The van der Waals surface area contributed by atoms with Crippen LogP contribution in [0.4, 0.5) is 5.69 Å². The number of anilines is 1. The van der Waals surface area contributed by atoms with Crippen LogP contribution < -0.4 is 14.8 Å². The molecule has 0 amide bonds. The number of rotatable bonds is 8. The molecule has 5 atom stereocenters. The highest BCUT2D eigenvalue weighted by atomic mass is 35.5. The number of benzene rings is 2. The minimum atomic E-state index is -3.57. The van der Waals surface area contributed by atoms with E-state index in [9.17, 15) is 18.3 Å². The molecule has 3 N–H and O–H groups in total. The average molecular weight is 621 g/mol. The zero-order chi connectivity index (χ0) is 29.9. The molecule has 9 nitrogen and oxygen atoms in total. The van der Waals surface area contributed by atoms with Crippen molar-refractivity contribution in [2.45, 2.75) is 64.3 Å². The van der Waals surface area contributed by atoms with Crippen molar-refractivity contribution in [3.63, 3.8) is 0 Å². The summed E-state index contributed by atoms with van der Waals surface area (Å²) < 4.78 is 41.3. The summed E-state index contributed by atoms with van der Waals surface area (Å²) in [6.45, 7) is 4.65. The van der Waals surface area contributed by atoms with E-state index in [1.54, 1.807) is 18.2 Å². The lowest BCUT2D eigenvalue weighted by molar-refractivity contribution is -0.139. The first kappa shape index (κ1) is 31.1. The summed E-state index contributed by atoms with van der Waals surface area (Å²) in [5.41, 5.74) is 3.31. The molecule has 1 saturated carbocycles. The third-order valence-electron chi connectivity index (χ3n) is 9.00. The van der Waals surface area contributed by atoms with E-state index in [1.165, 1.54) is 5.56 Å². The van der Waals surface area contributed by atoms with Gasteiger partial charge in [-0.2, -0.15) is 0 Å². The summed E-state index contributed by atoms with van der Waals surface area (Å²) in [6, 6.07) is 11.0. The van der Waals surface area contributed by atoms with E-state index in [-0.39, 0.29) is 36.0 Å². The largest absolute Gasteiger partial charge is 0.487 e. The van der Waals surface area contributed by atoms with Crippen LogP contribution in [-0.4, -0.2) is 63.8 Å². The second-order valence-corrected chi connectivity index (χ2v) is 14.1. The monoisotopic (exact) mass is 620 g/mol. The number of halogens is 1. The molecule has 1 saturated heterocycles. The van der Waals surface area contributed by atoms with E-state index in [0.717, 1.165) is 62.9 Å². The molecule has 0 unspecified atom stereocenters. The van der Waals surface area contributed by atoms with Gasteiger partial charge in [-0.15, -0.1) is 0 Å². The van der Waals surface area contributed by atoms with Gasteiger partial charge in [0.15, 0.2) is 0 Å². The summed E-state index contributed by atoms with van der Waals surface area (Å²) in [5.74, 6) is 0.398. The molecule has 2 fully saturated rings. The number of primary sulfonamides is 1. The standard InChI is InChI=1S/C31H41ClN2O7S/c1-20-18-40-30(16-29(20)39-12-13-42(33,37)38)26-9-6-23(26)17-34-11-3-2-4-21-14-25(32)8-5-24(21)19-41-28-10-7-22(31(35)36)15-27(28)34/h5,7-8,10,14-15,20,23,26,29-30H,2-4,6,9,11-13,16-19H2,1H3,(H,35,36)(H2,33,37,38)/t20-,23+,26-,29+,30-/m1/s1. The number of hydrogen-bond acceptors (Lipinski definition) is 7. The number of fused-ring (bicyclic) bond motifs is 2. The minimum absolute atomic E-state index is 0.0312. The summed E-state index contributed by atoms with van der Waals surface area (Å²) in [4.78, 5) is 14.2. The Morgan fingerprint density at radius 2 is 2.00 bits per heavy atom. The van der Waals surface area contributed by atoms with Gasteiger partial charge in [-0.3, -0.25) is 0 Å². The molecule has 0 aromatic heterocycles. The lowest BCUT2D eigenvalue weighted by atomic mass is 9.68. The molecule has 1 aliphatic carbocycles. The quantitative estimate of drug-likeness (QED) is 0.427. The molecule has 2 aromatic rings. The van der Waals surface area contributed by atoms with Crippen LogP contribution in [-0.2, 0) is 32.5 Å². The van der Waals surface area contributed by atoms with Gasteiger partial charge in [-0.1, -0.05) is 24.6 Å². The van der Waals surface area contributed by atoms with Crippen molar-refractivity contribution in [2.75, 3.05) is 37.0 Å². The average Bonchev–Trinajstić information content (AvgIpc) is 2.95. The Morgan fingerprint density at radius 3 is 2.74 bits per heavy atom. The Hall–Kier alpha value is -2.37. The molecule has 0 spiro atoms. The molecule has 42 heavy (non-hydrogen) atoms. The Labute approximate surface area is 253 Å². The van der Waals surface area contributed by atoms with Crippen molar-refractivity contribution in [2.24, 2.45) is 22.9 Å². The molecule has 3 aliphatic rings. The molecular formula is C31H41ClN2O7S. The SMILES string of the molecule is C[C@@H]1CO[C@@H]([C@@H]2CC[C@H]2CN2CCCCc3cc(Cl)ccc3COc3ccc(C(=O)O)cc32)C[C@@H]1OCCS(N)(=O)=O. The lowest BCUT2D eigenvalue weighted by Crippen LogP contribution is -2.49. The highest BCUT2D eigenvalue weighted by molar-refractivity contribution is 7.89. The van der Waals surface area contributed by atoms with Gasteiger partial charge >= 0.3 is 5.97 Å². The highest BCUT2D eigenvalue weighted by Crippen LogP contribution is 2.44. The van der Waals surface area contributed by atoms with Crippen molar-refractivity contribution in [3.05, 3.63) is 58.1 Å². The Balaban J connectivity index is 1.32. The summed E-state index contributed by atoms with van der Waals surface area (Å²) in [5, 5.41) is 15.6. The molecule has 2 aromatic carbocycles. The third kappa shape index (κ3) is 7.77. The van der Waals surface area contributed by atoms with Crippen LogP contribution in [0.2, 0.25) is 5.02 Å². The normalized spacial score (nSPS) is 26.6. The molecular weight excluding hydrogens is 580 g/mol. The van der Waals surface area contributed by atoms with Crippen LogP contribution >= 0.6 is 11.6 Å². The van der Waals surface area contributed by atoms with Gasteiger partial charge in [-0.25, -0.2) is 18.4 Å². The van der Waals surface area contributed by atoms with Gasteiger partial charge in [0, 0.05) is 30.5 Å². The lowest BCUT2D eigenvalue weighted by Gasteiger charge is -2.47. The molecule has 5 rings (SSSR count). The molecule has 2 aliphatic heterocycles. The predicted octanol–water partition coefficient (Wildman–Crippen LogP) is 4.88. The number of aromatic carboxylic acids is 1. The van der Waals surface area contributed by atoms with Crippen LogP contribution in [0.1, 0.15) is 60.5 Å². The summed E-state index contributed by atoms with van der Waals surface area (Å²) in [7, 11) is -3.57. The van der Waals surface area contributed by atoms with Crippen molar-refractivity contribution in [1.29, 1.82) is 0 Å². The third-order valence-corrected chi connectivity index (χ3v) is 9.97. The highest BCUT2D eigenvalue weighted by Gasteiger charge is 2.42. The molecule has 0 radical (unpaired) electrons. The second-order valence-electron chi connectivity index (χ2n) is 12.0. The fourth-order valence-electron chi connectivity index (χ4n) is 6.42. The number of carbonyl (C=O) groups is 1. The maximum atomic E-state index is 11.9. The van der Waals surface area contributed by atoms with E-state index in [2.05, 4.69) is 11.8 Å². The maximum absolute atomic E-state index is 11.9. The Bertz CT molecular complexity index is 1370. The molecule has 11 heteroatoms. The number of carboxylic acids is 1.